The number of amides is 2. The summed E-state index contributed by atoms with van der Waals surface area (Å²) in [7, 11) is 1.36. The van der Waals surface area contributed by atoms with E-state index in [9.17, 15) is 19.2 Å². The predicted octanol–water partition coefficient (Wildman–Crippen LogP) is 0.489. The molecule has 0 aliphatic rings. The molecule has 2 aromatic carbocycles. The Labute approximate surface area is 176 Å². The molecule has 2 aromatic rings. The molecule has 0 saturated heterocycles. The zero-order valence-corrected chi connectivity index (χ0v) is 16.5. The minimum Gasteiger partial charge on any atom is -0.479 e. The Bertz CT molecular complexity index is 975. The van der Waals surface area contributed by atoms with Gasteiger partial charge in [0.15, 0.2) is 24.7 Å². The molecule has 0 spiro atoms. The fourth-order valence-corrected chi connectivity index (χ4v) is 2.41. The van der Waals surface area contributed by atoms with Gasteiger partial charge in [0, 0.05) is 24.7 Å². The summed E-state index contributed by atoms with van der Waals surface area (Å²) < 4.78 is 10.1. The topological polar surface area (TPSA) is 168 Å². The van der Waals surface area contributed by atoms with Crippen LogP contribution in [0.4, 0.5) is 0 Å². The fourth-order valence-electron chi connectivity index (χ4n) is 2.41. The highest BCUT2D eigenvalue weighted by molar-refractivity contribution is 5.99. The van der Waals surface area contributed by atoms with E-state index >= 15 is 0 Å². The largest absolute Gasteiger partial charge is 0.479 e. The lowest BCUT2D eigenvalue weighted by Crippen LogP contribution is -2.43. The van der Waals surface area contributed by atoms with Crippen molar-refractivity contribution >= 4 is 23.8 Å². The van der Waals surface area contributed by atoms with Crippen LogP contribution in [0.5, 0.6) is 11.5 Å². The molecule has 164 valence electrons. The number of ether oxygens (including phenoxy) is 2. The van der Waals surface area contributed by atoms with Gasteiger partial charge in [-0.1, -0.05) is 12.1 Å². The van der Waals surface area contributed by atoms with E-state index < -0.39 is 37.0 Å². The second-order valence-corrected chi connectivity index (χ2v) is 6.23. The molecule has 31 heavy (non-hydrogen) atoms. The number of benzene rings is 2. The van der Waals surface area contributed by atoms with E-state index in [0.29, 0.717) is 12.1 Å². The van der Waals surface area contributed by atoms with Crippen LogP contribution in [-0.2, 0) is 16.1 Å². The minimum atomic E-state index is -1.27. The molecule has 2 amide bonds. The fraction of sp³-hybridized carbons (Fsp3) is 0.200. The number of carbonyl (C=O) groups is 4. The average Bonchev–Trinajstić information content (AvgIpc) is 2.75. The SMILES string of the molecule is CN(NC(=O)c1ccc(OCC(=O)O)c(OCC(=O)O)c1)C(=O)c1ccc(CN)cc1. The summed E-state index contributed by atoms with van der Waals surface area (Å²) in [5.41, 5.74) is 9.14. The van der Waals surface area contributed by atoms with E-state index in [4.69, 9.17) is 25.4 Å². The van der Waals surface area contributed by atoms with E-state index in [1.165, 1.54) is 25.2 Å². The van der Waals surface area contributed by atoms with Gasteiger partial charge in [-0.25, -0.2) is 9.59 Å². The van der Waals surface area contributed by atoms with Gasteiger partial charge in [0.2, 0.25) is 0 Å². The lowest BCUT2D eigenvalue weighted by atomic mass is 10.1. The van der Waals surface area contributed by atoms with Crippen LogP contribution in [0.3, 0.4) is 0 Å². The monoisotopic (exact) mass is 431 g/mol. The summed E-state index contributed by atoms with van der Waals surface area (Å²) in [5, 5.41) is 18.5. The highest BCUT2D eigenvalue weighted by Crippen LogP contribution is 2.28. The number of hydrogen-bond acceptors (Lipinski definition) is 7. The number of nitrogens with two attached hydrogens (primary N) is 1. The summed E-state index contributed by atoms with van der Waals surface area (Å²) in [5.74, 6) is -3.86. The van der Waals surface area contributed by atoms with Gasteiger partial charge in [0.25, 0.3) is 11.8 Å². The third kappa shape index (κ3) is 6.72. The minimum absolute atomic E-state index is 0.0289. The second kappa shape index (κ2) is 10.6. The first-order valence-corrected chi connectivity index (χ1v) is 8.92. The van der Waals surface area contributed by atoms with Crippen LogP contribution in [0.25, 0.3) is 0 Å². The number of carbonyl (C=O) groups excluding carboxylic acids is 2. The molecule has 0 heterocycles. The van der Waals surface area contributed by atoms with Crippen LogP contribution in [0.15, 0.2) is 42.5 Å². The van der Waals surface area contributed by atoms with Crippen LogP contribution >= 0.6 is 0 Å². The molecule has 0 aromatic heterocycles. The second-order valence-electron chi connectivity index (χ2n) is 6.23. The van der Waals surface area contributed by atoms with Crippen LogP contribution in [0, 0.1) is 0 Å². The lowest BCUT2D eigenvalue weighted by Gasteiger charge is -2.19. The molecule has 5 N–H and O–H groups in total. The Morgan fingerprint density at radius 1 is 0.903 bits per heavy atom. The number of nitrogens with one attached hydrogen (secondary N) is 1. The molecule has 11 nitrogen and oxygen atoms in total. The summed E-state index contributed by atoms with van der Waals surface area (Å²) in [6.45, 7) is -1.08. The summed E-state index contributed by atoms with van der Waals surface area (Å²) >= 11 is 0. The standard InChI is InChI=1S/C20H21N3O8/c1-23(20(29)13-4-2-12(9-21)3-5-13)22-19(28)14-6-7-15(30-10-17(24)25)16(8-14)31-11-18(26)27/h2-8H,9-11,21H2,1H3,(H,22,28)(H,24,25)(H,26,27). The van der Waals surface area contributed by atoms with Crippen molar-refractivity contribution in [1.82, 2.24) is 10.4 Å². The number of aliphatic carboxylic acids is 2. The quantitative estimate of drug-likeness (QED) is 0.413. The van der Waals surface area contributed by atoms with Gasteiger partial charge in [-0.15, -0.1) is 0 Å². The number of carboxylic acid groups (broad SMARTS) is 2. The van der Waals surface area contributed by atoms with Crippen molar-refractivity contribution in [2.75, 3.05) is 20.3 Å². The van der Waals surface area contributed by atoms with Crippen molar-refractivity contribution in [3.05, 3.63) is 59.2 Å². The molecule has 2 rings (SSSR count). The molecular formula is C20H21N3O8. The molecule has 11 heteroatoms. The zero-order chi connectivity index (χ0) is 23.0. The summed E-state index contributed by atoms with van der Waals surface area (Å²) in [6, 6.07) is 10.3. The van der Waals surface area contributed by atoms with Crippen LogP contribution < -0.4 is 20.6 Å². The molecule has 0 atom stereocenters. The van der Waals surface area contributed by atoms with Gasteiger partial charge < -0.3 is 25.4 Å². The van der Waals surface area contributed by atoms with Gasteiger partial charge in [0.05, 0.1) is 0 Å². The molecule has 0 radical (unpaired) electrons. The van der Waals surface area contributed by atoms with Gasteiger partial charge in [-0.2, -0.15) is 0 Å². The first-order valence-electron chi connectivity index (χ1n) is 8.92. The maximum atomic E-state index is 12.5. The molecule has 0 saturated carbocycles. The molecular weight excluding hydrogens is 410 g/mol. The smallest absolute Gasteiger partial charge is 0.341 e. The van der Waals surface area contributed by atoms with E-state index in [-0.39, 0.29) is 17.1 Å². The zero-order valence-electron chi connectivity index (χ0n) is 16.5. The van der Waals surface area contributed by atoms with Crippen LogP contribution in [0.1, 0.15) is 26.3 Å². The van der Waals surface area contributed by atoms with E-state index in [2.05, 4.69) is 5.43 Å². The van der Waals surface area contributed by atoms with Crippen molar-refractivity contribution < 1.29 is 38.9 Å². The molecule has 0 unspecified atom stereocenters. The number of nitrogens with zero attached hydrogens (tertiary/aromatic N) is 1. The normalized spacial score (nSPS) is 10.1. The molecule has 0 aliphatic carbocycles. The van der Waals surface area contributed by atoms with E-state index in [1.54, 1.807) is 24.3 Å². The van der Waals surface area contributed by atoms with Crippen LogP contribution in [-0.4, -0.2) is 59.2 Å². The maximum Gasteiger partial charge on any atom is 0.341 e. The lowest BCUT2D eigenvalue weighted by molar-refractivity contribution is -0.140. The first kappa shape index (κ1) is 23.2. The Hall–Kier alpha value is -4.12. The van der Waals surface area contributed by atoms with Crippen molar-refractivity contribution in [3.8, 4) is 11.5 Å². The highest BCUT2D eigenvalue weighted by atomic mass is 16.5. The van der Waals surface area contributed by atoms with Crippen molar-refractivity contribution in [1.29, 1.82) is 0 Å². The van der Waals surface area contributed by atoms with E-state index in [1.807, 2.05) is 0 Å². The van der Waals surface area contributed by atoms with Crippen molar-refractivity contribution in [2.45, 2.75) is 6.54 Å². The van der Waals surface area contributed by atoms with Gasteiger partial charge in [0.1, 0.15) is 0 Å². The third-order valence-electron chi connectivity index (χ3n) is 3.92. The van der Waals surface area contributed by atoms with Crippen molar-refractivity contribution in [2.24, 2.45) is 5.73 Å². The first-order chi connectivity index (χ1) is 14.7. The van der Waals surface area contributed by atoms with E-state index in [0.717, 1.165) is 10.6 Å². The molecule has 0 bridgehead atoms. The van der Waals surface area contributed by atoms with Gasteiger partial charge in [-0.3, -0.25) is 20.0 Å². The Balaban J connectivity index is 2.14. The predicted molar refractivity (Wildman–Crippen MR) is 107 cm³/mol. The Morgan fingerprint density at radius 3 is 2.00 bits per heavy atom. The molecule has 0 fully saturated rings. The van der Waals surface area contributed by atoms with Gasteiger partial charge in [-0.05, 0) is 35.9 Å². The van der Waals surface area contributed by atoms with Crippen LogP contribution in [0.2, 0.25) is 0 Å². The number of hydrogen-bond donors (Lipinski definition) is 4. The van der Waals surface area contributed by atoms with Gasteiger partial charge >= 0.3 is 11.9 Å². The highest BCUT2D eigenvalue weighted by Gasteiger charge is 2.18. The maximum absolute atomic E-state index is 12.5. The number of hydrazine groups is 1. The van der Waals surface area contributed by atoms with Crippen molar-refractivity contribution in [3.63, 3.8) is 0 Å². The Morgan fingerprint density at radius 2 is 1.45 bits per heavy atom. The number of carboxylic acids is 2. The summed E-state index contributed by atoms with van der Waals surface area (Å²) in [4.78, 5) is 46.5. The summed E-state index contributed by atoms with van der Waals surface area (Å²) in [6.07, 6.45) is 0. The molecule has 0 aliphatic heterocycles. The third-order valence-corrected chi connectivity index (χ3v) is 3.92. The Kier molecular flexibility index (Phi) is 7.92. The average molecular weight is 431 g/mol. The number of rotatable bonds is 9.